The molecule has 5 heteroatoms. The zero-order chi connectivity index (χ0) is 14.7. The lowest BCUT2D eigenvalue weighted by Crippen LogP contribution is -2.10. The molecule has 0 atom stereocenters. The van der Waals surface area contributed by atoms with Gasteiger partial charge in [0.25, 0.3) is 0 Å². The molecule has 2 aromatic heterocycles. The first kappa shape index (κ1) is 12.7. The van der Waals surface area contributed by atoms with E-state index >= 15 is 0 Å². The number of carbonyl (C=O) groups is 1. The fourth-order valence-corrected chi connectivity index (χ4v) is 2.59. The van der Waals surface area contributed by atoms with Crippen molar-refractivity contribution in [2.24, 2.45) is 7.05 Å². The molecule has 1 aromatic carbocycles. The molecule has 2 heterocycles. The fourth-order valence-electron chi connectivity index (χ4n) is 2.59. The molecule has 0 unspecified atom stereocenters. The number of nitrogens with one attached hydrogen (secondary N) is 1. The molecule has 3 aromatic rings. The highest BCUT2D eigenvalue weighted by Crippen LogP contribution is 2.33. The third kappa shape index (κ3) is 1.62. The molecule has 0 saturated carbocycles. The van der Waals surface area contributed by atoms with Crippen LogP contribution in [0.5, 0.6) is 0 Å². The number of benzene rings is 1. The van der Waals surface area contributed by atoms with E-state index in [2.05, 4.69) is 43.1 Å². The Morgan fingerprint density at radius 2 is 2.05 bits per heavy atom. The first-order chi connectivity index (χ1) is 9.30. The predicted octanol–water partition coefficient (Wildman–Crippen LogP) is 3.05. The summed E-state index contributed by atoms with van der Waals surface area (Å²) in [7, 11) is 1.90. The Labute approximate surface area is 116 Å². The fraction of sp³-hybridized carbons (Fsp3) is 0.333. The van der Waals surface area contributed by atoms with Crippen LogP contribution in [0.15, 0.2) is 18.2 Å². The second-order valence-electron chi connectivity index (χ2n) is 6.14. The van der Waals surface area contributed by atoms with E-state index in [0.717, 1.165) is 10.9 Å². The van der Waals surface area contributed by atoms with Crippen molar-refractivity contribution in [3.05, 3.63) is 29.5 Å². The van der Waals surface area contributed by atoms with Gasteiger partial charge in [0.15, 0.2) is 11.3 Å². The van der Waals surface area contributed by atoms with Gasteiger partial charge in [-0.2, -0.15) is 5.10 Å². The van der Waals surface area contributed by atoms with E-state index in [1.54, 1.807) is 0 Å². The number of aromatic amines is 1. The second-order valence-corrected chi connectivity index (χ2v) is 6.14. The average molecular weight is 271 g/mol. The van der Waals surface area contributed by atoms with Crippen molar-refractivity contribution in [2.45, 2.75) is 26.2 Å². The molecule has 5 nitrogen and oxygen atoms in total. The monoisotopic (exact) mass is 271 g/mol. The van der Waals surface area contributed by atoms with Crippen molar-refractivity contribution in [3.8, 4) is 0 Å². The van der Waals surface area contributed by atoms with Gasteiger partial charge in [-0.05, 0) is 23.1 Å². The number of hydrogen-bond donors (Lipinski definition) is 2. The summed E-state index contributed by atoms with van der Waals surface area (Å²) in [5, 5.41) is 17.6. The minimum atomic E-state index is -0.985. The Kier molecular flexibility index (Phi) is 2.45. The minimum absolute atomic E-state index is 0.0173. The van der Waals surface area contributed by atoms with E-state index in [4.69, 9.17) is 0 Å². The van der Waals surface area contributed by atoms with E-state index in [1.807, 2.05) is 17.7 Å². The molecule has 0 aliphatic rings. The molecule has 0 spiro atoms. The summed E-state index contributed by atoms with van der Waals surface area (Å²) in [6.45, 7) is 6.42. The maximum absolute atomic E-state index is 11.3. The SMILES string of the molecule is Cn1c2ccc(C(C)(C)C)cc2c2c(C(=O)O)[nH]nc21. The van der Waals surface area contributed by atoms with Crippen LogP contribution in [-0.4, -0.2) is 25.8 Å². The second kappa shape index (κ2) is 3.85. The number of rotatable bonds is 1. The number of nitrogens with zero attached hydrogens (tertiary/aromatic N) is 2. The lowest BCUT2D eigenvalue weighted by molar-refractivity contribution is 0.0692. The van der Waals surface area contributed by atoms with Gasteiger partial charge < -0.3 is 9.67 Å². The Morgan fingerprint density at radius 3 is 2.65 bits per heavy atom. The highest BCUT2D eigenvalue weighted by Gasteiger charge is 2.21. The van der Waals surface area contributed by atoms with Crippen LogP contribution in [0.25, 0.3) is 21.9 Å². The van der Waals surface area contributed by atoms with E-state index in [1.165, 1.54) is 5.56 Å². The van der Waals surface area contributed by atoms with Crippen LogP contribution in [0.3, 0.4) is 0 Å². The number of H-pyrrole nitrogens is 1. The molecule has 0 amide bonds. The molecule has 2 N–H and O–H groups in total. The summed E-state index contributed by atoms with van der Waals surface area (Å²) in [5.74, 6) is -0.985. The van der Waals surface area contributed by atoms with Gasteiger partial charge in [-0.15, -0.1) is 0 Å². The third-order valence-electron chi connectivity index (χ3n) is 3.77. The van der Waals surface area contributed by atoms with Crippen molar-refractivity contribution >= 4 is 27.9 Å². The van der Waals surface area contributed by atoms with E-state index in [-0.39, 0.29) is 11.1 Å². The number of fused-ring (bicyclic) bond motifs is 3. The van der Waals surface area contributed by atoms with Crippen LogP contribution in [0.2, 0.25) is 0 Å². The summed E-state index contributed by atoms with van der Waals surface area (Å²) in [6, 6.07) is 6.19. The van der Waals surface area contributed by atoms with E-state index < -0.39 is 5.97 Å². The lowest BCUT2D eigenvalue weighted by Gasteiger charge is -2.19. The van der Waals surface area contributed by atoms with Gasteiger partial charge in [0.1, 0.15) is 0 Å². The molecule has 0 bridgehead atoms. The van der Waals surface area contributed by atoms with Crippen molar-refractivity contribution < 1.29 is 9.90 Å². The number of carboxylic acids is 1. The topological polar surface area (TPSA) is 70.9 Å². The van der Waals surface area contributed by atoms with Gasteiger partial charge >= 0.3 is 5.97 Å². The summed E-state index contributed by atoms with van der Waals surface area (Å²) in [6.07, 6.45) is 0. The Bertz CT molecular complexity index is 834. The van der Waals surface area contributed by atoms with Gasteiger partial charge in [0.2, 0.25) is 0 Å². The third-order valence-corrected chi connectivity index (χ3v) is 3.77. The molecule has 0 fully saturated rings. The first-order valence-electron chi connectivity index (χ1n) is 6.51. The number of aryl methyl sites for hydroxylation is 1. The number of hydrogen-bond acceptors (Lipinski definition) is 2. The largest absolute Gasteiger partial charge is 0.477 e. The maximum Gasteiger partial charge on any atom is 0.354 e. The molecule has 3 rings (SSSR count). The Hall–Kier alpha value is -2.30. The van der Waals surface area contributed by atoms with Crippen molar-refractivity contribution in [1.29, 1.82) is 0 Å². The Morgan fingerprint density at radius 1 is 1.35 bits per heavy atom. The van der Waals surface area contributed by atoms with Crippen LogP contribution in [0, 0.1) is 0 Å². The normalized spacial score (nSPS) is 12.4. The van der Waals surface area contributed by atoms with E-state index in [9.17, 15) is 9.90 Å². The molecule has 104 valence electrons. The lowest BCUT2D eigenvalue weighted by atomic mass is 9.86. The summed E-state index contributed by atoms with van der Waals surface area (Å²) in [5.41, 5.74) is 3.01. The van der Waals surface area contributed by atoms with Crippen LogP contribution < -0.4 is 0 Å². The molecule has 0 aliphatic carbocycles. The standard InChI is InChI=1S/C15H17N3O2/c1-15(2,3)8-5-6-10-9(7-8)11-12(14(19)20)16-17-13(11)18(10)4/h5-7H,1-4H3,(H,16,17)(H,19,20). The molecule has 0 radical (unpaired) electrons. The number of aromatic nitrogens is 3. The van der Waals surface area contributed by atoms with E-state index in [0.29, 0.717) is 11.0 Å². The van der Waals surface area contributed by atoms with Gasteiger partial charge in [-0.3, -0.25) is 5.10 Å². The smallest absolute Gasteiger partial charge is 0.354 e. The number of aromatic carboxylic acids is 1. The molecule has 20 heavy (non-hydrogen) atoms. The highest BCUT2D eigenvalue weighted by atomic mass is 16.4. The summed E-state index contributed by atoms with van der Waals surface area (Å²) in [4.78, 5) is 11.3. The van der Waals surface area contributed by atoms with Crippen LogP contribution in [-0.2, 0) is 12.5 Å². The highest BCUT2D eigenvalue weighted by molar-refractivity contribution is 6.15. The molecular formula is C15H17N3O2. The Balaban J connectivity index is 2.46. The first-order valence-corrected chi connectivity index (χ1v) is 6.51. The maximum atomic E-state index is 11.3. The quantitative estimate of drug-likeness (QED) is 0.714. The molecule has 0 aliphatic heterocycles. The van der Waals surface area contributed by atoms with Gasteiger partial charge in [-0.1, -0.05) is 26.8 Å². The zero-order valence-corrected chi connectivity index (χ0v) is 12.0. The van der Waals surface area contributed by atoms with Gasteiger partial charge in [0, 0.05) is 12.4 Å². The summed E-state index contributed by atoms with van der Waals surface area (Å²) >= 11 is 0. The predicted molar refractivity (Wildman–Crippen MR) is 78.2 cm³/mol. The van der Waals surface area contributed by atoms with Crippen molar-refractivity contribution in [2.75, 3.05) is 0 Å². The minimum Gasteiger partial charge on any atom is -0.477 e. The van der Waals surface area contributed by atoms with Gasteiger partial charge in [-0.25, -0.2) is 4.79 Å². The average Bonchev–Trinajstić information content (AvgIpc) is 2.89. The summed E-state index contributed by atoms with van der Waals surface area (Å²) < 4.78 is 1.92. The molecule has 0 saturated heterocycles. The van der Waals surface area contributed by atoms with Gasteiger partial charge in [0.05, 0.1) is 10.9 Å². The zero-order valence-electron chi connectivity index (χ0n) is 12.0. The van der Waals surface area contributed by atoms with Crippen LogP contribution in [0.4, 0.5) is 0 Å². The van der Waals surface area contributed by atoms with Crippen LogP contribution in [0.1, 0.15) is 36.8 Å². The molecular weight excluding hydrogens is 254 g/mol. The van der Waals surface area contributed by atoms with Crippen LogP contribution >= 0.6 is 0 Å². The van der Waals surface area contributed by atoms with Crippen molar-refractivity contribution in [3.63, 3.8) is 0 Å². The number of carboxylic acid groups (broad SMARTS) is 1. The van der Waals surface area contributed by atoms with Crippen molar-refractivity contribution in [1.82, 2.24) is 14.8 Å².